The van der Waals surface area contributed by atoms with Gasteiger partial charge in [-0.05, 0) is 33.4 Å². The molecule has 1 rings (SSSR count). The Kier molecular flexibility index (Phi) is 7.89. The van der Waals surface area contributed by atoms with E-state index >= 15 is 0 Å². The lowest BCUT2D eigenvalue weighted by Crippen LogP contribution is -2.29. The van der Waals surface area contributed by atoms with E-state index in [4.69, 9.17) is 4.74 Å². The number of likely N-dealkylation sites (N-methyl/N-ethyl adjacent to an activating group) is 1. The number of nitrogens with one attached hydrogen (secondary N) is 1. The van der Waals surface area contributed by atoms with Crippen molar-refractivity contribution >= 4 is 0 Å². The van der Waals surface area contributed by atoms with Crippen LogP contribution in [0, 0.1) is 0 Å². The van der Waals surface area contributed by atoms with Gasteiger partial charge in [-0.25, -0.2) is 0 Å². The van der Waals surface area contributed by atoms with Crippen LogP contribution in [0.1, 0.15) is 19.3 Å². The summed E-state index contributed by atoms with van der Waals surface area (Å²) in [5.41, 5.74) is 4.50. The average Bonchev–Trinajstić information content (AvgIpc) is 2.11. The molecule has 0 radical (unpaired) electrons. The monoisotopic (exact) mass is 160 g/mol. The third kappa shape index (κ3) is 5.18. The fourth-order valence-corrected chi connectivity index (χ4v) is 1.20. The maximum atomic E-state index is 5.46. The molecule has 0 aromatic rings. The summed E-state index contributed by atoms with van der Waals surface area (Å²) in [6.07, 6.45) is 4.32. The van der Waals surface area contributed by atoms with E-state index in [1.54, 1.807) is 0 Å². The fourth-order valence-electron chi connectivity index (χ4n) is 1.20. The first-order chi connectivity index (χ1) is 5.43. The normalized spacial score (nSPS) is 23.7. The van der Waals surface area contributed by atoms with E-state index in [1.807, 2.05) is 7.05 Å². The molecule has 0 saturated carbocycles. The second kappa shape index (κ2) is 7.98. The van der Waals surface area contributed by atoms with Crippen molar-refractivity contribution in [3.05, 3.63) is 0 Å². The van der Waals surface area contributed by atoms with Crippen molar-refractivity contribution in [2.75, 3.05) is 27.2 Å². The molecular weight excluding hydrogens is 140 g/mol. The molecule has 3 heteroatoms. The van der Waals surface area contributed by atoms with Gasteiger partial charge in [0.2, 0.25) is 0 Å². The molecule has 0 bridgehead atoms. The molecule has 1 aliphatic rings. The summed E-state index contributed by atoms with van der Waals surface area (Å²) in [6.45, 7) is 1.98. The second-order valence-corrected chi connectivity index (χ2v) is 2.55. The van der Waals surface area contributed by atoms with Crippen LogP contribution >= 0.6 is 0 Å². The highest BCUT2D eigenvalue weighted by atomic mass is 16.5. The van der Waals surface area contributed by atoms with Gasteiger partial charge in [0, 0.05) is 13.2 Å². The number of ether oxygens (including phenoxy) is 1. The lowest BCUT2D eigenvalue weighted by molar-refractivity contribution is 0.0181. The lowest BCUT2D eigenvalue weighted by atomic mass is 10.1. The smallest absolute Gasteiger partial charge is 0.0699 e. The molecule has 0 spiro atoms. The van der Waals surface area contributed by atoms with Crippen LogP contribution in [0.15, 0.2) is 0 Å². The fraction of sp³-hybridized carbons (Fsp3) is 1.00. The summed E-state index contributed by atoms with van der Waals surface area (Å²) < 4.78 is 5.46. The Bertz CT molecular complexity index is 69.7. The van der Waals surface area contributed by atoms with Crippen LogP contribution in [0.2, 0.25) is 0 Å². The molecule has 1 heterocycles. The van der Waals surface area contributed by atoms with Crippen LogP contribution in [-0.2, 0) is 4.74 Å². The molecule has 1 aliphatic heterocycles. The molecular formula is C8H20N2O. The third-order valence-electron chi connectivity index (χ3n) is 1.71. The largest absolute Gasteiger partial charge is 0.377 e. The molecule has 0 aromatic heterocycles. The summed E-state index contributed by atoms with van der Waals surface area (Å²) in [5, 5.41) is 3.11. The Morgan fingerprint density at radius 1 is 1.45 bits per heavy atom. The van der Waals surface area contributed by atoms with Gasteiger partial charge >= 0.3 is 0 Å². The number of nitrogens with two attached hydrogens (primary N) is 1. The maximum Gasteiger partial charge on any atom is 0.0699 e. The molecule has 3 nitrogen and oxygen atoms in total. The molecule has 1 saturated heterocycles. The van der Waals surface area contributed by atoms with E-state index in [9.17, 15) is 0 Å². The van der Waals surface area contributed by atoms with Crippen LogP contribution in [-0.4, -0.2) is 33.4 Å². The van der Waals surface area contributed by atoms with Crippen LogP contribution in [0.5, 0.6) is 0 Å². The first-order valence-electron chi connectivity index (χ1n) is 4.27. The molecule has 68 valence electrons. The van der Waals surface area contributed by atoms with E-state index in [0.29, 0.717) is 6.10 Å². The van der Waals surface area contributed by atoms with E-state index < -0.39 is 0 Å². The van der Waals surface area contributed by atoms with Gasteiger partial charge in [-0.3, -0.25) is 0 Å². The van der Waals surface area contributed by atoms with Crippen molar-refractivity contribution in [3.8, 4) is 0 Å². The van der Waals surface area contributed by atoms with Gasteiger partial charge in [-0.1, -0.05) is 0 Å². The molecule has 1 fully saturated rings. The zero-order chi connectivity index (χ0) is 8.53. The van der Waals surface area contributed by atoms with Gasteiger partial charge in [0.1, 0.15) is 0 Å². The minimum Gasteiger partial charge on any atom is -0.377 e. The Balaban J connectivity index is 0.000000461. The topological polar surface area (TPSA) is 47.3 Å². The zero-order valence-electron chi connectivity index (χ0n) is 7.60. The summed E-state index contributed by atoms with van der Waals surface area (Å²) in [4.78, 5) is 0. The molecule has 3 N–H and O–H groups in total. The van der Waals surface area contributed by atoms with Crippen LogP contribution in [0.4, 0.5) is 0 Å². The molecule has 1 unspecified atom stereocenters. The predicted molar refractivity (Wildman–Crippen MR) is 47.6 cm³/mol. The van der Waals surface area contributed by atoms with E-state index in [0.717, 1.165) is 13.2 Å². The minimum absolute atomic E-state index is 0.490. The molecule has 11 heavy (non-hydrogen) atoms. The van der Waals surface area contributed by atoms with Gasteiger partial charge in [-0.2, -0.15) is 0 Å². The quantitative estimate of drug-likeness (QED) is 0.613. The Morgan fingerprint density at radius 2 is 2.18 bits per heavy atom. The van der Waals surface area contributed by atoms with Crippen molar-refractivity contribution < 1.29 is 4.74 Å². The molecule has 1 atom stereocenters. The van der Waals surface area contributed by atoms with Crippen molar-refractivity contribution in [1.82, 2.24) is 5.32 Å². The highest BCUT2D eigenvalue weighted by Crippen LogP contribution is 2.10. The Hall–Kier alpha value is -0.120. The van der Waals surface area contributed by atoms with Crippen molar-refractivity contribution in [2.24, 2.45) is 5.73 Å². The second-order valence-electron chi connectivity index (χ2n) is 2.55. The predicted octanol–water partition coefficient (Wildman–Crippen LogP) is 0.350. The maximum absolute atomic E-state index is 5.46. The Labute approximate surface area is 69.3 Å². The van der Waals surface area contributed by atoms with Gasteiger partial charge in [0.05, 0.1) is 6.10 Å². The van der Waals surface area contributed by atoms with Gasteiger partial charge in [-0.15, -0.1) is 0 Å². The van der Waals surface area contributed by atoms with E-state index in [-0.39, 0.29) is 0 Å². The summed E-state index contributed by atoms with van der Waals surface area (Å²) >= 11 is 0. The zero-order valence-corrected chi connectivity index (χ0v) is 7.60. The number of rotatable bonds is 2. The summed E-state index contributed by atoms with van der Waals surface area (Å²) in [7, 11) is 3.47. The summed E-state index contributed by atoms with van der Waals surface area (Å²) in [5.74, 6) is 0. The average molecular weight is 160 g/mol. The van der Waals surface area contributed by atoms with E-state index in [2.05, 4.69) is 11.1 Å². The highest BCUT2D eigenvalue weighted by Gasteiger charge is 2.11. The molecule has 0 amide bonds. The molecule has 0 aromatic carbocycles. The van der Waals surface area contributed by atoms with Crippen LogP contribution in [0.3, 0.4) is 0 Å². The lowest BCUT2D eigenvalue weighted by Gasteiger charge is -2.21. The number of hydrogen-bond donors (Lipinski definition) is 2. The SMILES string of the molecule is CN.CNCC1CCCCO1. The van der Waals surface area contributed by atoms with E-state index in [1.165, 1.54) is 26.3 Å². The van der Waals surface area contributed by atoms with Crippen molar-refractivity contribution in [1.29, 1.82) is 0 Å². The molecule has 0 aliphatic carbocycles. The highest BCUT2D eigenvalue weighted by molar-refractivity contribution is 4.64. The van der Waals surface area contributed by atoms with Gasteiger partial charge in [0.15, 0.2) is 0 Å². The van der Waals surface area contributed by atoms with Gasteiger partial charge in [0.25, 0.3) is 0 Å². The Morgan fingerprint density at radius 3 is 2.64 bits per heavy atom. The third-order valence-corrected chi connectivity index (χ3v) is 1.71. The van der Waals surface area contributed by atoms with Crippen molar-refractivity contribution in [2.45, 2.75) is 25.4 Å². The van der Waals surface area contributed by atoms with Crippen LogP contribution < -0.4 is 11.1 Å². The summed E-state index contributed by atoms with van der Waals surface area (Å²) in [6, 6.07) is 0. The van der Waals surface area contributed by atoms with Crippen molar-refractivity contribution in [3.63, 3.8) is 0 Å². The number of hydrogen-bond acceptors (Lipinski definition) is 3. The minimum atomic E-state index is 0.490. The first kappa shape index (κ1) is 10.9. The van der Waals surface area contributed by atoms with Crippen LogP contribution in [0.25, 0.3) is 0 Å². The van der Waals surface area contributed by atoms with Gasteiger partial charge < -0.3 is 15.8 Å². The first-order valence-corrected chi connectivity index (χ1v) is 4.27. The standard InChI is InChI=1S/C7H15NO.CH5N/c1-8-6-7-4-2-3-5-9-7;1-2/h7-8H,2-6H2,1H3;2H2,1H3.